The number of hydrogen-bond donors (Lipinski definition) is 2. The molecule has 1 aromatic heterocycles. The van der Waals surface area contributed by atoms with Gasteiger partial charge in [-0.3, -0.25) is 9.78 Å². The molecule has 0 saturated carbocycles. The number of aromatic nitrogens is 1. The molecule has 18 heavy (non-hydrogen) atoms. The molecule has 1 aromatic rings. The molecule has 5 nitrogen and oxygen atoms in total. The number of aliphatic hydroxyl groups excluding tert-OH is 1. The third-order valence-electron chi connectivity index (χ3n) is 3.47. The van der Waals surface area contributed by atoms with Crippen LogP contribution in [0.4, 0.5) is 5.69 Å². The number of β-amino-alcohol motifs (C(OH)–C–C–N with tert-alkyl or cyclic N) is 1. The maximum Gasteiger partial charge on any atom is 0.272 e. The summed E-state index contributed by atoms with van der Waals surface area (Å²) in [6, 6.07) is 3.54. The van der Waals surface area contributed by atoms with E-state index in [0.29, 0.717) is 18.8 Å². The zero-order valence-electron chi connectivity index (χ0n) is 10.8. The first-order valence-corrected chi connectivity index (χ1v) is 6.23. The molecule has 0 aliphatic carbocycles. The lowest BCUT2D eigenvalue weighted by atomic mass is 9.96. The Balaban J connectivity index is 2.11. The summed E-state index contributed by atoms with van der Waals surface area (Å²) in [5.74, 6) is 0.142. The predicted octanol–water partition coefficient (Wildman–Crippen LogP) is 0.966. The summed E-state index contributed by atoms with van der Waals surface area (Å²) in [7, 11) is 1.80. The van der Waals surface area contributed by atoms with E-state index in [2.05, 4.69) is 10.3 Å². The molecular weight excluding hydrogens is 230 g/mol. The van der Waals surface area contributed by atoms with Crippen LogP contribution >= 0.6 is 0 Å². The van der Waals surface area contributed by atoms with Gasteiger partial charge in [0.15, 0.2) is 0 Å². The van der Waals surface area contributed by atoms with E-state index in [9.17, 15) is 9.90 Å². The van der Waals surface area contributed by atoms with Gasteiger partial charge in [-0.1, -0.05) is 6.92 Å². The molecule has 2 unspecified atom stereocenters. The van der Waals surface area contributed by atoms with E-state index in [1.54, 1.807) is 24.2 Å². The van der Waals surface area contributed by atoms with Gasteiger partial charge in [-0.05, 0) is 24.5 Å². The summed E-state index contributed by atoms with van der Waals surface area (Å²) in [5.41, 5.74) is 1.28. The van der Waals surface area contributed by atoms with E-state index in [0.717, 1.165) is 12.1 Å². The Kier molecular flexibility index (Phi) is 3.81. The maximum atomic E-state index is 12.2. The number of aliphatic hydroxyl groups is 1. The van der Waals surface area contributed by atoms with Crippen LogP contribution in [0.5, 0.6) is 0 Å². The molecule has 2 rings (SSSR count). The van der Waals surface area contributed by atoms with Crippen LogP contribution in [0.3, 0.4) is 0 Å². The second-order valence-electron chi connectivity index (χ2n) is 4.76. The van der Waals surface area contributed by atoms with Crippen LogP contribution in [0, 0.1) is 5.92 Å². The van der Waals surface area contributed by atoms with Crippen LogP contribution in [0.25, 0.3) is 0 Å². The van der Waals surface area contributed by atoms with Crippen molar-refractivity contribution in [2.24, 2.45) is 5.92 Å². The number of rotatable bonds is 2. The van der Waals surface area contributed by atoms with Gasteiger partial charge in [0.1, 0.15) is 5.69 Å². The Morgan fingerprint density at radius 1 is 1.61 bits per heavy atom. The first-order chi connectivity index (χ1) is 8.61. The summed E-state index contributed by atoms with van der Waals surface area (Å²) >= 11 is 0. The van der Waals surface area contributed by atoms with Crippen molar-refractivity contribution in [1.29, 1.82) is 0 Å². The van der Waals surface area contributed by atoms with Gasteiger partial charge >= 0.3 is 0 Å². The second kappa shape index (κ2) is 5.35. The fraction of sp³-hybridized carbons (Fsp3) is 0.538. The molecule has 0 spiro atoms. The number of likely N-dealkylation sites (tertiary alicyclic amines) is 1. The number of carbonyl (C=O) groups excluding carboxylic acids is 1. The summed E-state index contributed by atoms with van der Waals surface area (Å²) in [6.07, 6.45) is 2.01. The number of nitrogens with zero attached hydrogens (tertiary/aromatic N) is 2. The normalized spacial score (nSPS) is 23.8. The first kappa shape index (κ1) is 12.8. The average molecular weight is 249 g/mol. The highest BCUT2D eigenvalue weighted by molar-refractivity contribution is 5.93. The minimum absolute atomic E-state index is 0.113. The fourth-order valence-corrected chi connectivity index (χ4v) is 2.10. The molecule has 2 atom stereocenters. The van der Waals surface area contributed by atoms with Gasteiger partial charge in [-0.2, -0.15) is 0 Å². The first-order valence-electron chi connectivity index (χ1n) is 6.23. The number of anilines is 1. The Bertz CT molecular complexity index is 436. The monoisotopic (exact) mass is 249 g/mol. The Morgan fingerprint density at radius 3 is 3.06 bits per heavy atom. The van der Waals surface area contributed by atoms with Crippen molar-refractivity contribution in [3.63, 3.8) is 0 Å². The van der Waals surface area contributed by atoms with E-state index in [4.69, 9.17) is 0 Å². The number of hydrogen-bond acceptors (Lipinski definition) is 4. The molecule has 0 bridgehead atoms. The van der Waals surface area contributed by atoms with Gasteiger partial charge < -0.3 is 15.3 Å². The van der Waals surface area contributed by atoms with Crippen molar-refractivity contribution in [1.82, 2.24) is 9.88 Å². The average Bonchev–Trinajstić information content (AvgIpc) is 2.41. The van der Waals surface area contributed by atoms with Crippen LogP contribution in [0.1, 0.15) is 23.8 Å². The van der Waals surface area contributed by atoms with Crippen molar-refractivity contribution in [2.75, 3.05) is 25.5 Å². The van der Waals surface area contributed by atoms with E-state index in [1.807, 2.05) is 13.0 Å². The lowest BCUT2D eigenvalue weighted by Gasteiger charge is -2.34. The number of pyridine rings is 1. The standard InChI is InChI=1S/C13H19N3O2/c1-9-4-6-16(8-12(9)17)13(18)11-7-10(14-2)3-5-15-11/h3,5,7,9,12,17H,4,6,8H2,1-2H3,(H,14,15). The smallest absolute Gasteiger partial charge is 0.272 e. The predicted molar refractivity (Wildman–Crippen MR) is 69.5 cm³/mol. The quantitative estimate of drug-likeness (QED) is 0.819. The minimum atomic E-state index is -0.435. The highest BCUT2D eigenvalue weighted by Crippen LogP contribution is 2.19. The van der Waals surface area contributed by atoms with E-state index in [-0.39, 0.29) is 11.8 Å². The van der Waals surface area contributed by atoms with Crippen molar-refractivity contribution in [2.45, 2.75) is 19.4 Å². The van der Waals surface area contributed by atoms with Gasteiger partial charge in [0.25, 0.3) is 5.91 Å². The molecule has 1 fully saturated rings. The summed E-state index contributed by atoms with van der Waals surface area (Å²) < 4.78 is 0. The summed E-state index contributed by atoms with van der Waals surface area (Å²) in [4.78, 5) is 18.0. The highest BCUT2D eigenvalue weighted by Gasteiger charge is 2.28. The summed E-state index contributed by atoms with van der Waals surface area (Å²) in [5, 5.41) is 12.8. The van der Waals surface area contributed by atoms with E-state index >= 15 is 0 Å². The van der Waals surface area contributed by atoms with Crippen LogP contribution in [0.2, 0.25) is 0 Å². The number of carbonyl (C=O) groups is 1. The second-order valence-corrected chi connectivity index (χ2v) is 4.76. The Labute approximate surface area is 107 Å². The molecule has 5 heteroatoms. The number of amides is 1. The minimum Gasteiger partial charge on any atom is -0.391 e. The SMILES string of the molecule is CNc1ccnc(C(=O)N2CCC(C)C(O)C2)c1. The summed E-state index contributed by atoms with van der Waals surface area (Å²) in [6.45, 7) is 3.08. The highest BCUT2D eigenvalue weighted by atomic mass is 16.3. The lowest BCUT2D eigenvalue weighted by molar-refractivity contribution is 0.0245. The third-order valence-corrected chi connectivity index (χ3v) is 3.47. The maximum absolute atomic E-state index is 12.2. The molecule has 0 aromatic carbocycles. The Morgan fingerprint density at radius 2 is 2.39 bits per heavy atom. The molecular formula is C13H19N3O2. The van der Waals surface area contributed by atoms with Gasteiger partial charge in [0.05, 0.1) is 6.10 Å². The molecule has 2 heterocycles. The van der Waals surface area contributed by atoms with Crippen molar-refractivity contribution < 1.29 is 9.90 Å². The molecule has 0 radical (unpaired) electrons. The topological polar surface area (TPSA) is 65.5 Å². The largest absolute Gasteiger partial charge is 0.391 e. The van der Waals surface area contributed by atoms with Crippen LogP contribution < -0.4 is 5.32 Å². The zero-order valence-corrected chi connectivity index (χ0v) is 10.8. The molecule has 1 aliphatic heterocycles. The van der Waals surface area contributed by atoms with Gasteiger partial charge in [-0.15, -0.1) is 0 Å². The van der Waals surface area contributed by atoms with Gasteiger partial charge in [0.2, 0.25) is 0 Å². The van der Waals surface area contributed by atoms with Crippen molar-refractivity contribution >= 4 is 11.6 Å². The zero-order chi connectivity index (χ0) is 13.1. The molecule has 98 valence electrons. The fourth-order valence-electron chi connectivity index (χ4n) is 2.10. The van der Waals surface area contributed by atoms with Gasteiger partial charge in [-0.25, -0.2) is 0 Å². The molecule has 1 aliphatic rings. The molecule has 2 N–H and O–H groups in total. The number of piperidine rings is 1. The van der Waals surface area contributed by atoms with Crippen LogP contribution in [-0.2, 0) is 0 Å². The van der Waals surface area contributed by atoms with E-state index in [1.165, 1.54) is 0 Å². The van der Waals surface area contributed by atoms with E-state index < -0.39 is 6.10 Å². The van der Waals surface area contributed by atoms with Crippen LogP contribution in [0.15, 0.2) is 18.3 Å². The number of nitrogens with one attached hydrogen (secondary N) is 1. The molecule has 1 amide bonds. The molecule has 1 saturated heterocycles. The lowest BCUT2D eigenvalue weighted by Crippen LogP contribution is -2.46. The van der Waals surface area contributed by atoms with Crippen molar-refractivity contribution in [3.05, 3.63) is 24.0 Å². The third kappa shape index (κ3) is 2.61. The Hall–Kier alpha value is -1.62. The van der Waals surface area contributed by atoms with Gasteiger partial charge in [0, 0.05) is 32.0 Å². The van der Waals surface area contributed by atoms with Crippen molar-refractivity contribution in [3.8, 4) is 0 Å². The van der Waals surface area contributed by atoms with Crippen LogP contribution in [-0.4, -0.2) is 47.1 Å².